The number of amides is 2. The first-order valence-electron chi connectivity index (χ1n) is 9.91. The average Bonchev–Trinajstić information content (AvgIpc) is 2.77. The Balaban J connectivity index is 1.57. The lowest BCUT2D eigenvalue weighted by atomic mass is 10.1. The molecule has 2 aromatic carbocycles. The van der Waals surface area contributed by atoms with Gasteiger partial charge in [0.05, 0.1) is 23.9 Å². The third kappa shape index (κ3) is 6.32. The number of ether oxygens (including phenoxy) is 2. The number of nitrogens with zero attached hydrogens (tertiary/aromatic N) is 1. The van der Waals surface area contributed by atoms with E-state index in [0.717, 1.165) is 11.1 Å². The molecule has 0 atom stereocenters. The van der Waals surface area contributed by atoms with Gasteiger partial charge >= 0.3 is 0 Å². The second-order valence-electron chi connectivity index (χ2n) is 7.26. The SMILES string of the molecule is Cc1cc(OCC(=O)NC(=S)Nc2cc(C(=O)N3CCOCC3)ccc2Cl)cc(C)c1Cl. The Morgan fingerprint density at radius 1 is 1.12 bits per heavy atom. The predicted molar refractivity (Wildman–Crippen MR) is 129 cm³/mol. The summed E-state index contributed by atoms with van der Waals surface area (Å²) in [6, 6.07) is 8.38. The van der Waals surface area contributed by atoms with Gasteiger partial charge in [-0.25, -0.2) is 0 Å². The molecule has 0 radical (unpaired) electrons. The second-order valence-corrected chi connectivity index (χ2v) is 8.45. The van der Waals surface area contributed by atoms with E-state index >= 15 is 0 Å². The van der Waals surface area contributed by atoms with Crippen LogP contribution < -0.4 is 15.4 Å². The van der Waals surface area contributed by atoms with Crippen molar-refractivity contribution in [3.8, 4) is 5.75 Å². The van der Waals surface area contributed by atoms with Crippen LogP contribution in [0.3, 0.4) is 0 Å². The number of hydrogen-bond acceptors (Lipinski definition) is 5. The van der Waals surface area contributed by atoms with E-state index in [-0.39, 0.29) is 17.6 Å². The number of hydrogen-bond donors (Lipinski definition) is 2. The van der Waals surface area contributed by atoms with Gasteiger partial charge in [0, 0.05) is 23.7 Å². The minimum atomic E-state index is -0.440. The standard InChI is InChI=1S/C22H23Cl2N3O4S/c1-13-9-16(10-14(2)20(13)24)31-12-19(28)26-22(32)25-18-11-15(3-4-17(18)23)21(29)27-5-7-30-8-6-27/h3-4,9-11H,5-8,12H2,1-2H3,(H2,25,26,28,32). The molecule has 1 aliphatic rings. The second kappa shape index (κ2) is 11.0. The van der Waals surface area contributed by atoms with Gasteiger partial charge in [-0.3, -0.25) is 14.9 Å². The van der Waals surface area contributed by atoms with E-state index in [4.69, 9.17) is 44.9 Å². The van der Waals surface area contributed by atoms with Crippen molar-refractivity contribution in [3.63, 3.8) is 0 Å². The van der Waals surface area contributed by atoms with Crippen LogP contribution in [0.2, 0.25) is 10.0 Å². The van der Waals surface area contributed by atoms with Crippen molar-refractivity contribution in [2.45, 2.75) is 13.8 Å². The molecule has 0 bridgehead atoms. The van der Waals surface area contributed by atoms with Crippen molar-refractivity contribution in [1.82, 2.24) is 10.2 Å². The van der Waals surface area contributed by atoms with Crippen molar-refractivity contribution >= 4 is 58.0 Å². The molecule has 0 aromatic heterocycles. The molecule has 170 valence electrons. The summed E-state index contributed by atoms with van der Waals surface area (Å²) >= 11 is 17.6. The predicted octanol–water partition coefficient (Wildman–Crippen LogP) is 3.97. The first-order valence-corrected chi connectivity index (χ1v) is 11.1. The van der Waals surface area contributed by atoms with Gasteiger partial charge in [-0.2, -0.15) is 0 Å². The molecular weight excluding hydrogens is 473 g/mol. The Kier molecular flexibility index (Phi) is 8.31. The summed E-state index contributed by atoms with van der Waals surface area (Å²) in [4.78, 5) is 26.6. The van der Waals surface area contributed by atoms with Crippen molar-refractivity contribution in [1.29, 1.82) is 0 Å². The summed E-state index contributed by atoms with van der Waals surface area (Å²) in [5.74, 6) is -0.0230. The lowest BCUT2D eigenvalue weighted by Gasteiger charge is -2.27. The highest BCUT2D eigenvalue weighted by Gasteiger charge is 2.19. The molecule has 1 fully saturated rings. The minimum absolute atomic E-state index is 0.0416. The molecule has 32 heavy (non-hydrogen) atoms. The summed E-state index contributed by atoms with van der Waals surface area (Å²) < 4.78 is 10.8. The number of morpholine rings is 1. The molecule has 0 aliphatic carbocycles. The number of thiocarbonyl (C=S) groups is 1. The third-order valence-corrected chi connectivity index (χ3v) is 5.92. The first kappa shape index (κ1) is 24.3. The topological polar surface area (TPSA) is 79.9 Å². The normalized spacial score (nSPS) is 13.4. The number of nitrogens with one attached hydrogen (secondary N) is 2. The number of aryl methyl sites for hydroxylation is 2. The molecule has 3 rings (SSSR count). The van der Waals surface area contributed by atoms with Gasteiger partial charge < -0.3 is 19.7 Å². The van der Waals surface area contributed by atoms with E-state index in [1.807, 2.05) is 13.8 Å². The van der Waals surface area contributed by atoms with Crippen LogP contribution >= 0.6 is 35.4 Å². The van der Waals surface area contributed by atoms with Gasteiger partial charge in [-0.05, 0) is 67.5 Å². The van der Waals surface area contributed by atoms with Gasteiger partial charge in [0.25, 0.3) is 11.8 Å². The minimum Gasteiger partial charge on any atom is -0.484 e. The van der Waals surface area contributed by atoms with Crippen LogP contribution in [0.25, 0.3) is 0 Å². The average molecular weight is 496 g/mol. The number of benzene rings is 2. The maximum atomic E-state index is 12.7. The number of rotatable bonds is 5. The van der Waals surface area contributed by atoms with Crippen LogP contribution in [0.15, 0.2) is 30.3 Å². The Labute approximate surface area is 202 Å². The third-order valence-electron chi connectivity index (χ3n) is 4.79. The van der Waals surface area contributed by atoms with E-state index in [2.05, 4.69) is 10.6 Å². The van der Waals surface area contributed by atoms with E-state index in [1.54, 1.807) is 35.2 Å². The van der Waals surface area contributed by atoms with Crippen LogP contribution in [0.5, 0.6) is 5.75 Å². The van der Waals surface area contributed by atoms with E-state index in [0.29, 0.717) is 53.3 Å². The monoisotopic (exact) mass is 495 g/mol. The Bertz CT molecular complexity index is 1020. The molecule has 2 amide bonds. The zero-order valence-electron chi connectivity index (χ0n) is 17.7. The molecular formula is C22H23Cl2N3O4S. The number of carbonyl (C=O) groups excluding carboxylic acids is 2. The molecule has 0 spiro atoms. The van der Waals surface area contributed by atoms with Crippen LogP contribution in [0, 0.1) is 13.8 Å². The van der Waals surface area contributed by atoms with Gasteiger partial charge in [-0.1, -0.05) is 23.2 Å². The Morgan fingerprint density at radius 2 is 1.78 bits per heavy atom. The maximum Gasteiger partial charge on any atom is 0.264 e. The van der Waals surface area contributed by atoms with Crippen LogP contribution in [-0.4, -0.2) is 54.7 Å². The van der Waals surface area contributed by atoms with Crippen molar-refractivity contribution < 1.29 is 19.1 Å². The number of halogens is 2. The Morgan fingerprint density at radius 3 is 2.44 bits per heavy atom. The van der Waals surface area contributed by atoms with E-state index in [9.17, 15) is 9.59 Å². The molecule has 2 aromatic rings. The summed E-state index contributed by atoms with van der Waals surface area (Å²) in [5.41, 5.74) is 2.60. The molecule has 0 saturated carbocycles. The largest absolute Gasteiger partial charge is 0.484 e. The quantitative estimate of drug-likeness (QED) is 0.610. The summed E-state index contributed by atoms with van der Waals surface area (Å²) in [5, 5.41) is 6.47. The highest BCUT2D eigenvalue weighted by molar-refractivity contribution is 7.80. The molecule has 2 N–H and O–H groups in total. The number of carbonyl (C=O) groups is 2. The van der Waals surface area contributed by atoms with Crippen LogP contribution in [0.4, 0.5) is 5.69 Å². The summed E-state index contributed by atoms with van der Waals surface area (Å²) in [6.07, 6.45) is 0. The van der Waals surface area contributed by atoms with Crippen molar-refractivity contribution in [3.05, 3.63) is 57.1 Å². The molecule has 7 nitrogen and oxygen atoms in total. The van der Waals surface area contributed by atoms with Gasteiger partial charge in [0.1, 0.15) is 5.75 Å². The van der Waals surface area contributed by atoms with Crippen molar-refractivity contribution in [2.75, 3.05) is 38.2 Å². The smallest absolute Gasteiger partial charge is 0.264 e. The van der Waals surface area contributed by atoms with Crippen LogP contribution in [-0.2, 0) is 9.53 Å². The fraction of sp³-hybridized carbons (Fsp3) is 0.318. The molecule has 1 saturated heterocycles. The van der Waals surface area contributed by atoms with Gasteiger partial charge in [-0.15, -0.1) is 0 Å². The zero-order valence-corrected chi connectivity index (χ0v) is 20.0. The lowest BCUT2D eigenvalue weighted by molar-refractivity contribution is -0.121. The molecule has 0 unspecified atom stereocenters. The highest BCUT2D eigenvalue weighted by Crippen LogP contribution is 2.26. The lowest BCUT2D eigenvalue weighted by Crippen LogP contribution is -2.40. The fourth-order valence-corrected chi connectivity index (χ4v) is 3.66. The highest BCUT2D eigenvalue weighted by atomic mass is 35.5. The number of anilines is 1. The van der Waals surface area contributed by atoms with E-state index in [1.165, 1.54) is 0 Å². The van der Waals surface area contributed by atoms with Gasteiger partial charge in [0.2, 0.25) is 0 Å². The first-order chi connectivity index (χ1) is 15.2. The molecule has 1 heterocycles. The summed E-state index contributed by atoms with van der Waals surface area (Å²) in [6.45, 7) is 5.59. The zero-order chi connectivity index (χ0) is 23.3. The van der Waals surface area contributed by atoms with Crippen molar-refractivity contribution in [2.24, 2.45) is 0 Å². The fourth-order valence-electron chi connectivity index (χ4n) is 3.16. The maximum absolute atomic E-state index is 12.7. The Hall–Kier alpha value is -2.39. The molecule has 10 heteroatoms. The van der Waals surface area contributed by atoms with Gasteiger partial charge in [0.15, 0.2) is 11.7 Å². The molecule has 1 aliphatic heterocycles. The summed E-state index contributed by atoms with van der Waals surface area (Å²) in [7, 11) is 0. The van der Waals surface area contributed by atoms with E-state index < -0.39 is 5.91 Å². The van der Waals surface area contributed by atoms with Crippen LogP contribution in [0.1, 0.15) is 21.5 Å².